The number of nitrogens with one attached hydrogen (secondary N) is 4. The largest absolute Gasteiger partial charge is 0.347 e. The van der Waals surface area contributed by atoms with Crippen LogP contribution in [-0.2, 0) is 0 Å². The van der Waals surface area contributed by atoms with Gasteiger partial charge in [0.25, 0.3) is 5.91 Å². The number of fused-ring (bicyclic) bond motifs is 1. The van der Waals surface area contributed by atoms with Crippen LogP contribution < -0.4 is 16.0 Å². The first-order valence-electron chi connectivity index (χ1n) is 9.08. The molecule has 8 nitrogen and oxygen atoms in total. The van der Waals surface area contributed by atoms with E-state index >= 15 is 0 Å². The van der Waals surface area contributed by atoms with E-state index in [0.29, 0.717) is 23.1 Å². The van der Waals surface area contributed by atoms with Crippen molar-refractivity contribution in [2.75, 3.05) is 11.9 Å². The average molecular weight is 380 g/mol. The number of aromatic amines is 1. The Labute approximate surface area is 163 Å². The molecule has 4 N–H and O–H groups in total. The Morgan fingerprint density at radius 2 is 1.96 bits per heavy atom. The molecule has 0 saturated carbocycles. The Bertz CT molecular complexity index is 1000. The average Bonchev–Trinajstić information content (AvgIpc) is 3.02. The van der Waals surface area contributed by atoms with Crippen molar-refractivity contribution in [3.05, 3.63) is 42.2 Å². The Morgan fingerprint density at radius 1 is 1.18 bits per heavy atom. The predicted molar refractivity (Wildman–Crippen MR) is 109 cm³/mol. The van der Waals surface area contributed by atoms with Gasteiger partial charge >= 0.3 is 6.03 Å². The third-order valence-electron chi connectivity index (χ3n) is 3.89. The standard InChI is InChI=1S/C20H24N6O2/c1-5-22-19(28)25-18-23-15-10-13(12-7-6-8-21-11-12)9-14(16(15)24-18)17(27)26-20(2,3)4/h6-11H,5H2,1-4H3,(H,26,27)(H3,22,23,24,25,28). The van der Waals surface area contributed by atoms with E-state index in [1.165, 1.54) is 0 Å². The number of carbonyl (C=O) groups excluding carboxylic acids is 2. The van der Waals surface area contributed by atoms with Crippen molar-refractivity contribution in [3.8, 4) is 11.1 Å². The molecule has 0 fully saturated rings. The molecule has 2 heterocycles. The monoisotopic (exact) mass is 380 g/mol. The summed E-state index contributed by atoms with van der Waals surface area (Å²) in [4.78, 5) is 36.4. The van der Waals surface area contributed by atoms with E-state index in [1.54, 1.807) is 18.5 Å². The van der Waals surface area contributed by atoms with Gasteiger partial charge in [-0.25, -0.2) is 9.78 Å². The Kier molecular flexibility index (Phi) is 5.30. The van der Waals surface area contributed by atoms with Crippen molar-refractivity contribution in [1.82, 2.24) is 25.6 Å². The third kappa shape index (κ3) is 4.46. The van der Waals surface area contributed by atoms with Crippen LogP contribution in [0.3, 0.4) is 0 Å². The van der Waals surface area contributed by atoms with Gasteiger partial charge in [0, 0.05) is 30.0 Å². The summed E-state index contributed by atoms with van der Waals surface area (Å²) in [6, 6.07) is 7.05. The molecule has 0 radical (unpaired) electrons. The molecule has 0 bridgehead atoms. The second kappa shape index (κ2) is 7.67. The smallest absolute Gasteiger partial charge is 0.321 e. The van der Waals surface area contributed by atoms with Gasteiger partial charge in [0.05, 0.1) is 16.6 Å². The lowest BCUT2D eigenvalue weighted by Crippen LogP contribution is -2.40. The summed E-state index contributed by atoms with van der Waals surface area (Å²) in [5.74, 6) is 0.0468. The Morgan fingerprint density at radius 3 is 2.61 bits per heavy atom. The lowest BCUT2D eigenvalue weighted by Gasteiger charge is -2.21. The highest BCUT2D eigenvalue weighted by molar-refractivity contribution is 6.07. The minimum Gasteiger partial charge on any atom is -0.347 e. The maximum atomic E-state index is 12.9. The molecule has 2 aromatic heterocycles. The first kappa shape index (κ1) is 19.3. The molecule has 0 aliphatic heterocycles. The van der Waals surface area contributed by atoms with Crippen molar-refractivity contribution in [2.45, 2.75) is 33.2 Å². The number of aromatic nitrogens is 3. The normalized spacial score (nSPS) is 11.3. The minimum atomic E-state index is -0.393. The van der Waals surface area contributed by atoms with Crippen LogP contribution in [0.5, 0.6) is 0 Å². The van der Waals surface area contributed by atoms with Gasteiger partial charge in [-0.15, -0.1) is 0 Å². The second-order valence-corrected chi connectivity index (χ2v) is 7.43. The van der Waals surface area contributed by atoms with Crippen LogP contribution in [0.2, 0.25) is 0 Å². The maximum Gasteiger partial charge on any atom is 0.321 e. The van der Waals surface area contributed by atoms with E-state index in [-0.39, 0.29) is 17.9 Å². The van der Waals surface area contributed by atoms with Crippen LogP contribution in [-0.4, -0.2) is 39.0 Å². The fourth-order valence-corrected chi connectivity index (χ4v) is 2.77. The summed E-state index contributed by atoms with van der Waals surface area (Å²) in [6.45, 7) is 8.08. The van der Waals surface area contributed by atoms with Crippen molar-refractivity contribution in [3.63, 3.8) is 0 Å². The zero-order valence-electron chi connectivity index (χ0n) is 16.4. The lowest BCUT2D eigenvalue weighted by molar-refractivity contribution is 0.0921. The minimum absolute atomic E-state index is 0.226. The fraction of sp³-hybridized carbons (Fsp3) is 0.300. The van der Waals surface area contributed by atoms with Crippen molar-refractivity contribution in [1.29, 1.82) is 0 Å². The molecule has 0 aliphatic carbocycles. The molecule has 3 amide bonds. The maximum absolute atomic E-state index is 12.9. The molecule has 0 unspecified atom stereocenters. The van der Waals surface area contributed by atoms with Gasteiger partial charge in [0.2, 0.25) is 5.95 Å². The number of anilines is 1. The first-order valence-corrected chi connectivity index (χ1v) is 9.08. The summed E-state index contributed by atoms with van der Waals surface area (Å²) in [7, 11) is 0. The summed E-state index contributed by atoms with van der Waals surface area (Å²) >= 11 is 0. The highest BCUT2D eigenvalue weighted by Crippen LogP contribution is 2.27. The number of hydrogen-bond acceptors (Lipinski definition) is 4. The first-order chi connectivity index (χ1) is 13.3. The quantitative estimate of drug-likeness (QED) is 0.556. The molecule has 28 heavy (non-hydrogen) atoms. The SMILES string of the molecule is CCNC(=O)Nc1nc2cc(-c3cccnc3)cc(C(=O)NC(C)(C)C)c2[nH]1. The molecule has 0 saturated heterocycles. The number of hydrogen-bond donors (Lipinski definition) is 4. The molecule has 1 aromatic carbocycles. The van der Waals surface area contributed by atoms with Gasteiger partial charge in [0.15, 0.2) is 0 Å². The zero-order chi connectivity index (χ0) is 20.3. The van der Waals surface area contributed by atoms with E-state index in [0.717, 1.165) is 11.1 Å². The molecule has 0 spiro atoms. The number of urea groups is 1. The number of carbonyl (C=O) groups is 2. The number of benzene rings is 1. The van der Waals surface area contributed by atoms with Crippen molar-refractivity contribution in [2.24, 2.45) is 0 Å². The van der Waals surface area contributed by atoms with Crippen LogP contribution in [0.15, 0.2) is 36.7 Å². The van der Waals surface area contributed by atoms with Gasteiger partial charge in [-0.2, -0.15) is 0 Å². The number of imidazole rings is 1. The number of nitrogens with zero attached hydrogens (tertiary/aromatic N) is 2. The molecule has 0 aliphatic rings. The molecule has 3 rings (SSSR count). The van der Waals surface area contributed by atoms with Crippen LogP contribution in [0.1, 0.15) is 38.1 Å². The van der Waals surface area contributed by atoms with Gasteiger partial charge in [0.1, 0.15) is 0 Å². The topological polar surface area (TPSA) is 112 Å². The van der Waals surface area contributed by atoms with E-state index in [9.17, 15) is 9.59 Å². The number of amides is 3. The summed E-state index contributed by atoms with van der Waals surface area (Å²) in [6.07, 6.45) is 3.42. The van der Waals surface area contributed by atoms with Crippen molar-refractivity contribution >= 4 is 28.9 Å². The van der Waals surface area contributed by atoms with E-state index in [2.05, 4.69) is 30.9 Å². The highest BCUT2D eigenvalue weighted by Gasteiger charge is 2.20. The highest BCUT2D eigenvalue weighted by atomic mass is 16.2. The van der Waals surface area contributed by atoms with Crippen LogP contribution in [0.25, 0.3) is 22.2 Å². The Balaban J connectivity index is 2.09. The summed E-state index contributed by atoms with van der Waals surface area (Å²) < 4.78 is 0. The van der Waals surface area contributed by atoms with Crippen molar-refractivity contribution < 1.29 is 9.59 Å². The summed E-state index contributed by atoms with van der Waals surface area (Å²) in [5, 5.41) is 8.27. The van der Waals surface area contributed by atoms with E-state index < -0.39 is 5.54 Å². The number of rotatable bonds is 4. The summed E-state index contributed by atoms with van der Waals surface area (Å²) in [5.41, 5.74) is 2.87. The molecule has 146 valence electrons. The lowest BCUT2D eigenvalue weighted by atomic mass is 10.0. The molecular weight excluding hydrogens is 356 g/mol. The van der Waals surface area contributed by atoms with E-state index in [1.807, 2.05) is 45.9 Å². The van der Waals surface area contributed by atoms with Gasteiger partial charge in [-0.1, -0.05) is 6.07 Å². The molecular formula is C20H24N6O2. The van der Waals surface area contributed by atoms with Gasteiger partial charge in [-0.05, 0) is 51.5 Å². The number of pyridine rings is 1. The van der Waals surface area contributed by atoms with Gasteiger partial charge < -0.3 is 15.6 Å². The third-order valence-corrected chi connectivity index (χ3v) is 3.89. The van der Waals surface area contributed by atoms with Crippen LogP contribution in [0, 0.1) is 0 Å². The fourth-order valence-electron chi connectivity index (χ4n) is 2.77. The predicted octanol–water partition coefficient (Wildman–Crippen LogP) is 3.29. The number of H-pyrrole nitrogens is 1. The molecule has 3 aromatic rings. The van der Waals surface area contributed by atoms with Gasteiger partial charge in [-0.3, -0.25) is 15.1 Å². The zero-order valence-corrected chi connectivity index (χ0v) is 16.4. The molecule has 8 heteroatoms. The van der Waals surface area contributed by atoms with E-state index in [4.69, 9.17) is 0 Å². The molecule has 0 atom stereocenters. The Hall–Kier alpha value is -3.42. The van der Waals surface area contributed by atoms with Crippen LogP contribution in [0.4, 0.5) is 10.7 Å². The van der Waals surface area contributed by atoms with Crippen LogP contribution >= 0.6 is 0 Å². The second-order valence-electron chi connectivity index (χ2n) is 7.43.